The number of aryl methyl sites for hydroxylation is 2. The van der Waals surface area contributed by atoms with Gasteiger partial charge >= 0.3 is 0 Å². The van der Waals surface area contributed by atoms with E-state index in [1.165, 1.54) is 11.8 Å². The van der Waals surface area contributed by atoms with E-state index in [2.05, 4.69) is 12.0 Å². The molecule has 0 aliphatic rings. The van der Waals surface area contributed by atoms with Crippen molar-refractivity contribution in [1.82, 2.24) is 14.6 Å². The number of hydrogen-bond donors (Lipinski definition) is 1. The maximum absolute atomic E-state index is 12.2. The standard InChI is InChI=1S/C22H20N4OS/c1-14-13-15(2)25-26-19(14)18(16-9-5-3-6-10-16)24-22(26)28-20(21(23)27)17-11-7-4-8-12-17/h3-13,20H,1-2H3,(H2,23,27)/t20-/m1/s1. The molecule has 0 aliphatic heterocycles. The molecule has 0 bridgehead atoms. The molecule has 0 saturated heterocycles. The molecule has 1 atom stereocenters. The molecule has 0 aliphatic carbocycles. The van der Waals surface area contributed by atoms with E-state index < -0.39 is 11.2 Å². The van der Waals surface area contributed by atoms with Crippen LogP contribution in [0, 0.1) is 13.8 Å². The first kappa shape index (κ1) is 18.3. The maximum atomic E-state index is 12.2. The number of aromatic nitrogens is 3. The summed E-state index contributed by atoms with van der Waals surface area (Å²) in [5.74, 6) is -0.404. The fourth-order valence-corrected chi connectivity index (χ4v) is 4.30. The molecule has 4 rings (SSSR count). The van der Waals surface area contributed by atoms with Gasteiger partial charge in [-0.05, 0) is 31.0 Å². The highest BCUT2D eigenvalue weighted by atomic mass is 32.2. The first-order chi connectivity index (χ1) is 13.5. The molecule has 4 aromatic rings. The van der Waals surface area contributed by atoms with Crippen LogP contribution in [-0.4, -0.2) is 20.5 Å². The van der Waals surface area contributed by atoms with Crippen molar-refractivity contribution in [2.75, 3.05) is 0 Å². The topological polar surface area (TPSA) is 73.3 Å². The van der Waals surface area contributed by atoms with E-state index in [9.17, 15) is 4.79 Å². The zero-order chi connectivity index (χ0) is 19.7. The second-order valence-corrected chi connectivity index (χ2v) is 7.72. The summed E-state index contributed by atoms with van der Waals surface area (Å²) in [6.45, 7) is 4.00. The number of nitrogens with two attached hydrogens (primary N) is 1. The van der Waals surface area contributed by atoms with Crippen LogP contribution < -0.4 is 5.73 Å². The number of amides is 1. The highest BCUT2D eigenvalue weighted by Crippen LogP contribution is 2.37. The van der Waals surface area contributed by atoms with Crippen LogP contribution in [0.15, 0.2) is 71.9 Å². The zero-order valence-corrected chi connectivity index (χ0v) is 16.5. The smallest absolute Gasteiger partial charge is 0.235 e. The predicted octanol–water partition coefficient (Wildman–Crippen LogP) is 4.33. The third-order valence-corrected chi connectivity index (χ3v) is 5.73. The summed E-state index contributed by atoms with van der Waals surface area (Å²) < 4.78 is 1.83. The summed E-state index contributed by atoms with van der Waals surface area (Å²) in [5.41, 5.74) is 11.3. The minimum Gasteiger partial charge on any atom is -0.368 e. The second-order valence-electron chi connectivity index (χ2n) is 6.65. The van der Waals surface area contributed by atoms with Gasteiger partial charge in [0.2, 0.25) is 5.91 Å². The highest BCUT2D eigenvalue weighted by Gasteiger charge is 2.24. The Morgan fingerprint density at radius 1 is 1.04 bits per heavy atom. The Balaban J connectivity index is 1.88. The SMILES string of the molecule is Cc1cc(C)c2c(-c3ccccc3)nc(S[C@@H](C(N)=O)c3ccccc3)n2n1. The Bertz CT molecular complexity index is 1140. The molecule has 1 amide bonds. The third kappa shape index (κ3) is 3.39. The number of carbonyl (C=O) groups excluding carboxylic acids is 1. The number of hydrogen-bond acceptors (Lipinski definition) is 4. The van der Waals surface area contributed by atoms with Gasteiger partial charge in [0.15, 0.2) is 5.16 Å². The molecule has 0 spiro atoms. The van der Waals surface area contributed by atoms with Crippen LogP contribution in [-0.2, 0) is 4.79 Å². The number of primary amides is 1. The van der Waals surface area contributed by atoms with Crippen LogP contribution in [0.1, 0.15) is 22.1 Å². The van der Waals surface area contributed by atoms with Gasteiger partial charge in [-0.1, -0.05) is 72.4 Å². The quantitative estimate of drug-likeness (QED) is 0.517. The number of imidazole rings is 1. The van der Waals surface area contributed by atoms with Crippen LogP contribution in [0.4, 0.5) is 0 Å². The van der Waals surface area contributed by atoms with Crippen molar-refractivity contribution in [3.05, 3.63) is 83.6 Å². The molecule has 28 heavy (non-hydrogen) atoms. The van der Waals surface area contributed by atoms with Gasteiger partial charge in [-0.15, -0.1) is 0 Å². The molecular formula is C22H20N4OS. The van der Waals surface area contributed by atoms with E-state index in [0.29, 0.717) is 5.16 Å². The normalized spacial score (nSPS) is 12.2. The lowest BCUT2D eigenvalue weighted by Gasteiger charge is -2.12. The number of rotatable bonds is 5. The maximum Gasteiger partial charge on any atom is 0.235 e. The van der Waals surface area contributed by atoms with Crippen LogP contribution >= 0.6 is 11.8 Å². The van der Waals surface area contributed by atoms with Crippen molar-refractivity contribution in [2.24, 2.45) is 5.73 Å². The minimum absolute atomic E-state index is 0.404. The fourth-order valence-electron chi connectivity index (χ4n) is 3.30. The van der Waals surface area contributed by atoms with Crippen molar-refractivity contribution in [2.45, 2.75) is 24.3 Å². The number of carbonyl (C=O) groups is 1. The highest BCUT2D eigenvalue weighted by molar-refractivity contribution is 8.00. The molecule has 6 heteroatoms. The fraction of sp³-hybridized carbons (Fsp3) is 0.136. The Morgan fingerprint density at radius 2 is 1.68 bits per heavy atom. The molecule has 0 radical (unpaired) electrons. The molecular weight excluding hydrogens is 368 g/mol. The average molecular weight is 388 g/mol. The zero-order valence-electron chi connectivity index (χ0n) is 15.7. The molecule has 140 valence electrons. The van der Waals surface area contributed by atoms with Crippen molar-refractivity contribution >= 4 is 23.2 Å². The molecule has 0 unspecified atom stereocenters. The lowest BCUT2D eigenvalue weighted by molar-refractivity contribution is -0.117. The molecule has 0 fully saturated rings. The summed E-state index contributed by atoms with van der Waals surface area (Å²) >= 11 is 1.33. The van der Waals surface area contributed by atoms with Crippen molar-refractivity contribution in [1.29, 1.82) is 0 Å². The summed E-state index contributed by atoms with van der Waals surface area (Å²) in [7, 11) is 0. The molecule has 2 aromatic carbocycles. The number of nitrogens with zero attached hydrogens (tertiary/aromatic N) is 3. The van der Waals surface area contributed by atoms with E-state index in [1.807, 2.05) is 78.2 Å². The minimum atomic E-state index is -0.543. The van der Waals surface area contributed by atoms with Gasteiger partial charge in [-0.25, -0.2) is 9.50 Å². The first-order valence-corrected chi connectivity index (χ1v) is 9.86. The lowest BCUT2D eigenvalue weighted by Crippen LogP contribution is -2.19. The van der Waals surface area contributed by atoms with Crippen molar-refractivity contribution in [3.63, 3.8) is 0 Å². The molecule has 2 aromatic heterocycles. The van der Waals surface area contributed by atoms with Crippen molar-refractivity contribution < 1.29 is 4.79 Å². The van der Waals surface area contributed by atoms with Crippen LogP contribution in [0.25, 0.3) is 16.8 Å². The van der Waals surface area contributed by atoms with Gasteiger partial charge in [-0.3, -0.25) is 4.79 Å². The molecule has 2 N–H and O–H groups in total. The van der Waals surface area contributed by atoms with Gasteiger partial charge in [-0.2, -0.15) is 5.10 Å². The van der Waals surface area contributed by atoms with Gasteiger partial charge < -0.3 is 5.73 Å². The Morgan fingerprint density at radius 3 is 2.32 bits per heavy atom. The Hall–Kier alpha value is -3.12. The third-order valence-electron chi connectivity index (χ3n) is 4.51. The average Bonchev–Trinajstić information content (AvgIpc) is 3.06. The molecule has 5 nitrogen and oxygen atoms in total. The van der Waals surface area contributed by atoms with Crippen LogP contribution in [0.5, 0.6) is 0 Å². The van der Waals surface area contributed by atoms with Gasteiger partial charge in [0, 0.05) is 5.56 Å². The number of fused-ring (bicyclic) bond motifs is 1. The predicted molar refractivity (Wildman–Crippen MR) is 112 cm³/mol. The molecule has 0 saturated carbocycles. The monoisotopic (exact) mass is 388 g/mol. The number of benzene rings is 2. The number of thioether (sulfide) groups is 1. The van der Waals surface area contributed by atoms with Crippen molar-refractivity contribution in [3.8, 4) is 11.3 Å². The van der Waals surface area contributed by atoms with E-state index in [4.69, 9.17) is 10.7 Å². The van der Waals surface area contributed by atoms with Crippen LogP contribution in [0.3, 0.4) is 0 Å². The van der Waals surface area contributed by atoms with Gasteiger partial charge in [0.1, 0.15) is 5.25 Å². The summed E-state index contributed by atoms with van der Waals surface area (Å²) in [6.07, 6.45) is 0. The van der Waals surface area contributed by atoms with Gasteiger partial charge in [0.25, 0.3) is 0 Å². The summed E-state index contributed by atoms with van der Waals surface area (Å²) in [6, 6.07) is 21.6. The Labute approximate surface area is 167 Å². The van der Waals surface area contributed by atoms with E-state index >= 15 is 0 Å². The van der Waals surface area contributed by atoms with E-state index in [0.717, 1.165) is 33.6 Å². The van der Waals surface area contributed by atoms with Gasteiger partial charge in [0.05, 0.1) is 16.9 Å². The van der Waals surface area contributed by atoms with E-state index in [-0.39, 0.29) is 0 Å². The molecule has 2 heterocycles. The summed E-state index contributed by atoms with van der Waals surface area (Å²) in [4.78, 5) is 17.1. The Kier molecular flexibility index (Phi) is 4.88. The largest absolute Gasteiger partial charge is 0.368 e. The van der Waals surface area contributed by atoms with E-state index in [1.54, 1.807) is 0 Å². The van der Waals surface area contributed by atoms with Crippen LogP contribution in [0.2, 0.25) is 0 Å². The summed E-state index contributed by atoms with van der Waals surface area (Å²) in [5, 5.41) is 4.77. The first-order valence-electron chi connectivity index (χ1n) is 8.98. The second kappa shape index (κ2) is 7.48. The lowest BCUT2D eigenvalue weighted by atomic mass is 10.1.